The van der Waals surface area contributed by atoms with Gasteiger partial charge in [0.15, 0.2) is 0 Å². The van der Waals surface area contributed by atoms with E-state index in [1.54, 1.807) is 0 Å². The largest absolute Gasteiger partial charge is 0.481 e. The van der Waals surface area contributed by atoms with Gasteiger partial charge in [-0.25, -0.2) is 4.79 Å². The molecule has 0 saturated heterocycles. The monoisotopic (exact) mass is 204 g/mol. The maximum atomic E-state index is 10.9. The first-order chi connectivity index (χ1) is 6.34. The highest BCUT2D eigenvalue weighted by Gasteiger charge is 2.23. The minimum absolute atomic E-state index is 0.673. The van der Waals surface area contributed by atoms with Crippen LogP contribution in [0.4, 0.5) is 0 Å². The number of carbonyl (C=O) groups is 3. The van der Waals surface area contributed by atoms with Gasteiger partial charge in [-0.2, -0.15) is 0 Å². The topological polar surface area (TPSA) is 130 Å². The molecule has 0 aromatic carbocycles. The lowest BCUT2D eigenvalue weighted by molar-refractivity contribution is -0.147. The third-order valence-electron chi connectivity index (χ3n) is 1.41. The van der Waals surface area contributed by atoms with Crippen molar-refractivity contribution in [2.75, 3.05) is 0 Å². The van der Waals surface area contributed by atoms with E-state index in [0.29, 0.717) is 0 Å². The van der Waals surface area contributed by atoms with Gasteiger partial charge in [-0.1, -0.05) is 0 Å². The second kappa shape index (κ2) is 5.18. The van der Waals surface area contributed by atoms with Crippen LogP contribution in [0.1, 0.15) is 13.3 Å². The van der Waals surface area contributed by atoms with E-state index in [9.17, 15) is 14.4 Å². The van der Waals surface area contributed by atoms with Gasteiger partial charge in [-0.05, 0) is 6.92 Å². The molecule has 0 aromatic heterocycles. The lowest BCUT2D eigenvalue weighted by Crippen LogP contribution is -2.48. The molecule has 0 aliphatic heterocycles. The molecule has 0 spiro atoms. The predicted octanol–water partition coefficient (Wildman–Crippen LogP) is -1.62. The quantitative estimate of drug-likeness (QED) is 0.425. The zero-order valence-electron chi connectivity index (χ0n) is 7.56. The van der Waals surface area contributed by atoms with Gasteiger partial charge in [0.1, 0.15) is 6.04 Å². The van der Waals surface area contributed by atoms with Crippen molar-refractivity contribution in [3.63, 3.8) is 0 Å². The molecule has 0 bridgehead atoms. The smallest absolute Gasteiger partial charge is 0.326 e. The van der Waals surface area contributed by atoms with Crippen LogP contribution in [0.25, 0.3) is 0 Å². The van der Waals surface area contributed by atoms with Crippen molar-refractivity contribution >= 4 is 17.8 Å². The Kier molecular flexibility index (Phi) is 4.57. The van der Waals surface area contributed by atoms with Gasteiger partial charge < -0.3 is 21.3 Å². The lowest BCUT2D eigenvalue weighted by atomic mass is 10.2. The molecule has 0 fully saturated rings. The molecule has 0 unspecified atom stereocenters. The predicted molar refractivity (Wildman–Crippen MR) is 45.5 cm³/mol. The molecule has 14 heavy (non-hydrogen) atoms. The molecule has 0 aliphatic carbocycles. The molecule has 0 aromatic rings. The van der Waals surface area contributed by atoms with Crippen LogP contribution in [0.5, 0.6) is 0 Å². The van der Waals surface area contributed by atoms with Crippen molar-refractivity contribution in [3.8, 4) is 0 Å². The van der Waals surface area contributed by atoms with Crippen molar-refractivity contribution in [1.29, 1.82) is 0 Å². The summed E-state index contributed by atoms with van der Waals surface area (Å²) in [5, 5.41) is 18.9. The van der Waals surface area contributed by atoms with Crippen molar-refractivity contribution in [1.82, 2.24) is 5.32 Å². The zero-order chi connectivity index (χ0) is 11.3. The summed E-state index contributed by atoms with van der Waals surface area (Å²) in [4.78, 5) is 31.6. The molecule has 0 aliphatic rings. The molecule has 0 radical (unpaired) electrons. The van der Waals surface area contributed by atoms with Gasteiger partial charge in [0, 0.05) is 0 Å². The van der Waals surface area contributed by atoms with Crippen molar-refractivity contribution in [2.24, 2.45) is 5.73 Å². The maximum absolute atomic E-state index is 10.9. The second-order valence-electron chi connectivity index (χ2n) is 2.79. The van der Waals surface area contributed by atoms with Crippen molar-refractivity contribution in [2.45, 2.75) is 25.4 Å². The van der Waals surface area contributed by atoms with Crippen LogP contribution in [0.2, 0.25) is 0 Å². The van der Waals surface area contributed by atoms with Gasteiger partial charge >= 0.3 is 11.9 Å². The minimum atomic E-state index is -1.44. The number of amides is 1. The zero-order valence-corrected chi connectivity index (χ0v) is 7.56. The van der Waals surface area contributed by atoms with E-state index in [1.807, 2.05) is 5.32 Å². The number of rotatable bonds is 5. The van der Waals surface area contributed by atoms with E-state index in [4.69, 9.17) is 15.9 Å². The minimum Gasteiger partial charge on any atom is -0.481 e. The summed E-state index contributed by atoms with van der Waals surface area (Å²) in [5.41, 5.74) is 5.16. The van der Waals surface area contributed by atoms with Gasteiger partial charge in [0.05, 0.1) is 12.5 Å². The number of nitrogens with two attached hydrogens (primary N) is 1. The Morgan fingerprint density at radius 3 is 2.14 bits per heavy atom. The van der Waals surface area contributed by atoms with Gasteiger partial charge in [0.2, 0.25) is 5.91 Å². The Morgan fingerprint density at radius 2 is 1.86 bits per heavy atom. The maximum Gasteiger partial charge on any atom is 0.326 e. The first-order valence-electron chi connectivity index (χ1n) is 3.85. The van der Waals surface area contributed by atoms with Gasteiger partial charge in [0.25, 0.3) is 0 Å². The van der Waals surface area contributed by atoms with Crippen LogP contribution >= 0.6 is 0 Å². The van der Waals surface area contributed by atoms with Gasteiger partial charge in [-0.15, -0.1) is 0 Å². The fraction of sp³-hybridized carbons (Fsp3) is 0.571. The highest BCUT2D eigenvalue weighted by Crippen LogP contribution is 1.93. The molecule has 0 rings (SSSR count). The van der Waals surface area contributed by atoms with E-state index in [-0.39, 0.29) is 0 Å². The van der Waals surface area contributed by atoms with Crippen LogP contribution in [0.15, 0.2) is 0 Å². The third kappa shape index (κ3) is 4.41. The fourth-order valence-corrected chi connectivity index (χ4v) is 0.678. The standard InChI is InChI=1S/C7H12N2O5/c1-3(8)6(12)9-4(7(13)14)2-5(10)11/h3-4H,2,8H2,1H3,(H,9,12)(H,10,11)(H,13,14)/t3-,4+/m1/s1. The first kappa shape index (κ1) is 12.4. The lowest BCUT2D eigenvalue weighted by Gasteiger charge is -2.13. The SMILES string of the molecule is C[C@@H](N)C(=O)N[C@@H](CC(=O)O)C(=O)O. The Bertz CT molecular complexity index is 250. The average Bonchev–Trinajstić information content (AvgIpc) is 2.01. The van der Waals surface area contributed by atoms with E-state index in [2.05, 4.69) is 0 Å². The summed E-state index contributed by atoms with van der Waals surface area (Å²) in [5.74, 6) is -3.40. The Morgan fingerprint density at radius 1 is 1.36 bits per heavy atom. The van der Waals surface area contributed by atoms with Crippen LogP contribution in [-0.4, -0.2) is 40.1 Å². The van der Waals surface area contributed by atoms with E-state index in [0.717, 1.165) is 0 Å². The van der Waals surface area contributed by atoms with E-state index < -0.39 is 36.4 Å². The fourth-order valence-electron chi connectivity index (χ4n) is 0.678. The van der Waals surface area contributed by atoms with Crippen molar-refractivity contribution in [3.05, 3.63) is 0 Å². The van der Waals surface area contributed by atoms with Gasteiger partial charge in [-0.3, -0.25) is 9.59 Å². The van der Waals surface area contributed by atoms with Crippen molar-refractivity contribution < 1.29 is 24.6 Å². The molecular formula is C7H12N2O5. The molecule has 0 saturated carbocycles. The third-order valence-corrected chi connectivity index (χ3v) is 1.41. The molecule has 1 amide bonds. The summed E-state index contributed by atoms with van der Waals surface area (Å²) in [6.45, 7) is 1.37. The summed E-state index contributed by atoms with van der Waals surface area (Å²) >= 11 is 0. The normalized spacial score (nSPS) is 14.1. The Balaban J connectivity index is 4.31. The number of carbonyl (C=O) groups excluding carboxylic acids is 1. The number of hydrogen-bond acceptors (Lipinski definition) is 4. The molecule has 2 atom stereocenters. The second-order valence-corrected chi connectivity index (χ2v) is 2.79. The Labute approximate surface area is 79.9 Å². The van der Waals surface area contributed by atoms with E-state index in [1.165, 1.54) is 6.92 Å². The molecule has 7 nitrogen and oxygen atoms in total. The number of hydrogen-bond donors (Lipinski definition) is 4. The average molecular weight is 204 g/mol. The molecular weight excluding hydrogens is 192 g/mol. The molecule has 5 N–H and O–H groups in total. The summed E-state index contributed by atoms with van der Waals surface area (Å²) < 4.78 is 0. The van der Waals surface area contributed by atoms with Crippen LogP contribution < -0.4 is 11.1 Å². The number of aliphatic carboxylic acids is 2. The molecule has 7 heteroatoms. The summed E-state index contributed by atoms with van der Waals surface area (Å²) in [7, 11) is 0. The molecule has 0 heterocycles. The van der Waals surface area contributed by atoms with Crippen LogP contribution in [0.3, 0.4) is 0 Å². The first-order valence-corrected chi connectivity index (χ1v) is 3.85. The number of carboxylic acid groups (broad SMARTS) is 2. The van der Waals surface area contributed by atoms with Crippen LogP contribution in [-0.2, 0) is 14.4 Å². The number of nitrogens with one attached hydrogen (secondary N) is 1. The molecule has 80 valence electrons. The highest BCUT2D eigenvalue weighted by molar-refractivity contribution is 5.88. The van der Waals surface area contributed by atoms with Crippen LogP contribution in [0, 0.1) is 0 Å². The highest BCUT2D eigenvalue weighted by atomic mass is 16.4. The summed E-state index contributed by atoms with van der Waals surface area (Å²) in [6, 6.07) is -2.31. The summed E-state index contributed by atoms with van der Waals surface area (Å²) in [6.07, 6.45) is -0.673. The van der Waals surface area contributed by atoms with E-state index >= 15 is 0 Å². The number of carboxylic acids is 2. The Hall–Kier alpha value is -1.63.